The van der Waals surface area contributed by atoms with Crippen molar-refractivity contribution in [2.45, 2.75) is 13.8 Å². The lowest BCUT2D eigenvalue weighted by molar-refractivity contribution is -0.112. The highest BCUT2D eigenvalue weighted by molar-refractivity contribution is 6.09. The number of carbonyl (C=O) groups is 1. The predicted octanol–water partition coefficient (Wildman–Crippen LogP) is 6.45. The van der Waals surface area contributed by atoms with Gasteiger partial charge in [0.15, 0.2) is 0 Å². The van der Waals surface area contributed by atoms with Crippen LogP contribution in [-0.4, -0.2) is 10.5 Å². The van der Waals surface area contributed by atoms with Crippen LogP contribution < -0.4 is 5.32 Å². The molecule has 0 bridgehead atoms. The predicted molar refractivity (Wildman–Crippen MR) is 129 cm³/mol. The minimum atomic E-state index is -0.541. The smallest absolute Gasteiger partial charge is 0.266 e. The van der Waals surface area contributed by atoms with Crippen LogP contribution in [0.2, 0.25) is 0 Å². The van der Waals surface area contributed by atoms with E-state index in [1.807, 2.05) is 44.2 Å². The Bertz CT molecular complexity index is 1360. The van der Waals surface area contributed by atoms with Gasteiger partial charge in [-0.2, -0.15) is 5.26 Å². The minimum absolute atomic E-state index is 0.0287. The molecule has 0 aliphatic rings. The Hall–Kier alpha value is -4.43. The second-order valence-electron chi connectivity index (χ2n) is 7.71. The van der Waals surface area contributed by atoms with Gasteiger partial charge in [0.05, 0.1) is 0 Å². The largest absolute Gasteiger partial charge is 0.321 e. The fourth-order valence-corrected chi connectivity index (χ4v) is 3.80. The number of aryl methyl sites for hydroxylation is 1. The van der Waals surface area contributed by atoms with Gasteiger partial charge in [0, 0.05) is 22.8 Å². The summed E-state index contributed by atoms with van der Waals surface area (Å²) in [6, 6.07) is 27.8. The lowest BCUT2D eigenvalue weighted by Crippen LogP contribution is -2.13. The molecule has 0 aliphatic carbocycles. The number of amides is 1. The number of nitrogens with zero attached hydrogens (tertiary/aromatic N) is 2. The molecule has 0 saturated carbocycles. The number of anilines is 1. The number of hydrogen-bond donors (Lipinski definition) is 1. The van der Waals surface area contributed by atoms with E-state index in [1.54, 1.807) is 6.08 Å². The standard InChI is InChI=1S/C28H22FN3O/c1-19-16-23(17-24(18-30)28(33)31-26-12-10-25(29)11-13-26)20(2)32(19)27-14-8-22(9-15-27)21-6-4-3-5-7-21/h3-17H,1-2H3,(H,31,33)/b24-17-. The molecule has 1 aromatic heterocycles. The number of aromatic nitrogens is 1. The third kappa shape index (κ3) is 4.76. The maximum absolute atomic E-state index is 13.1. The molecule has 0 radical (unpaired) electrons. The molecule has 162 valence electrons. The van der Waals surface area contributed by atoms with Crippen molar-refractivity contribution in [3.05, 3.63) is 113 Å². The number of carbonyl (C=O) groups excluding carboxylic acids is 1. The second kappa shape index (κ2) is 9.37. The van der Waals surface area contributed by atoms with Crippen molar-refractivity contribution < 1.29 is 9.18 Å². The third-order valence-electron chi connectivity index (χ3n) is 5.47. The Morgan fingerprint density at radius 1 is 0.939 bits per heavy atom. The van der Waals surface area contributed by atoms with Gasteiger partial charge in [-0.15, -0.1) is 0 Å². The van der Waals surface area contributed by atoms with Crippen LogP contribution in [0.25, 0.3) is 22.9 Å². The molecule has 3 aromatic carbocycles. The molecular weight excluding hydrogens is 413 g/mol. The Kier molecular flexibility index (Phi) is 6.19. The van der Waals surface area contributed by atoms with Gasteiger partial charge >= 0.3 is 0 Å². The quantitative estimate of drug-likeness (QED) is 0.289. The molecular formula is C28H22FN3O. The topological polar surface area (TPSA) is 57.8 Å². The fourth-order valence-electron chi connectivity index (χ4n) is 3.80. The summed E-state index contributed by atoms with van der Waals surface area (Å²) in [6.07, 6.45) is 1.58. The minimum Gasteiger partial charge on any atom is -0.321 e. The summed E-state index contributed by atoms with van der Waals surface area (Å²) < 4.78 is 15.2. The van der Waals surface area contributed by atoms with Gasteiger partial charge in [-0.1, -0.05) is 42.5 Å². The van der Waals surface area contributed by atoms with Crippen molar-refractivity contribution in [1.82, 2.24) is 4.57 Å². The van der Waals surface area contributed by atoms with E-state index in [0.717, 1.165) is 33.8 Å². The molecule has 1 heterocycles. The Labute approximate surface area is 192 Å². The van der Waals surface area contributed by atoms with Crippen molar-refractivity contribution in [2.75, 3.05) is 5.32 Å². The molecule has 33 heavy (non-hydrogen) atoms. The second-order valence-corrected chi connectivity index (χ2v) is 7.71. The molecule has 0 unspecified atom stereocenters. The van der Waals surface area contributed by atoms with E-state index < -0.39 is 11.7 Å². The van der Waals surface area contributed by atoms with Gasteiger partial charge in [0.1, 0.15) is 17.5 Å². The van der Waals surface area contributed by atoms with Gasteiger partial charge in [0.25, 0.3) is 5.91 Å². The summed E-state index contributed by atoms with van der Waals surface area (Å²) in [5.74, 6) is -0.936. The highest BCUT2D eigenvalue weighted by atomic mass is 19.1. The first kappa shape index (κ1) is 21.8. The van der Waals surface area contributed by atoms with Crippen molar-refractivity contribution in [2.24, 2.45) is 0 Å². The van der Waals surface area contributed by atoms with Gasteiger partial charge in [-0.3, -0.25) is 4.79 Å². The molecule has 1 amide bonds. The number of hydrogen-bond acceptors (Lipinski definition) is 2. The highest BCUT2D eigenvalue weighted by Gasteiger charge is 2.14. The van der Waals surface area contributed by atoms with Gasteiger partial charge in [-0.25, -0.2) is 4.39 Å². The van der Waals surface area contributed by atoms with Crippen molar-refractivity contribution in [3.63, 3.8) is 0 Å². The molecule has 0 saturated heterocycles. The van der Waals surface area contributed by atoms with Crippen LogP contribution in [0.4, 0.5) is 10.1 Å². The summed E-state index contributed by atoms with van der Waals surface area (Å²) in [5, 5.41) is 12.2. The average Bonchev–Trinajstić information content (AvgIpc) is 3.12. The maximum Gasteiger partial charge on any atom is 0.266 e. The van der Waals surface area contributed by atoms with E-state index in [4.69, 9.17) is 0 Å². The molecule has 0 aliphatic heterocycles. The first-order valence-electron chi connectivity index (χ1n) is 10.5. The summed E-state index contributed by atoms with van der Waals surface area (Å²) in [7, 11) is 0. The van der Waals surface area contributed by atoms with Crippen LogP contribution in [-0.2, 0) is 4.79 Å². The highest BCUT2D eigenvalue weighted by Crippen LogP contribution is 2.26. The average molecular weight is 436 g/mol. The number of nitriles is 1. The molecule has 5 heteroatoms. The van der Waals surface area contributed by atoms with E-state index >= 15 is 0 Å². The monoisotopic (exact) mass is 435 g/mol. The normalized spacial score (nSPS) is 11.2. The SMILES string of the molecule is Cc1cc(/C=C(/C#N)C(=O)Nc2ccc(F)cc2)c(C)n1-c1ccc(-c2ccccc2)cc1. The van der Waals surface area contributed by atoms with Crippen molar-refractivity contribution in [1.29, 1.82) is 5.26 Å². The molecule has 4 nitrogen and oxygen atoms in total. The lowest BCUT2D eigenvalue weighted by Gasteiger charge is -2.11. The molecule has 1 N–H and O–H groups in total. The fraction of sp³-hybridized carbons (Fsp3) is 0.0714. The summed E-state index contributed by atoms with van der Waals surface area (Å²) >= 11 is 0. The Morgan fingerprint density at radius 3 is 2.21 bits per heavy atom. The molecule has 4 aromatic rings. The third-order valence-corrected chi connectivity index (χ3v) is 5.47. The lowest BCUT2D eigenvalue weighted by atomic mass is 10.1. The van der Waals surface area contributed by atoms with Gasteiger partial charge in [0.2, 0.25) is 0 Å². The van der Waals surface area contributed by atoms with Crippen LogP contribution >= 0.6 is 0 Å². The molecule has 0 atom stereocenters. The van der Waals surface area contributed by atoms with Gasteiger partial charge < -0.3 is 9.88 Å². The zero-order chi connectivity index (χ0) is 23.4. The maximum atomic E-state index is 13.1. The van der Waals surface area contributed by atoms with E-state index in [9.17, 15) is 14.4 Å². The van der Waals surface area contributed by atoms with Crippen LogP contribution in [0.1, 0.15) is 17.0 Å². The summed E-state index contributed by atoms with van der Waals surface area (Å²) in [6.45, 7) is 3.94. The van der Waals surface area contributed by atoms with Gasteiger partial charge in [-0.05, 0) is 79.1 Å². The number of nitrogens with one attached hydrogen (secondary N) is 1. The summed E-state index contributed by atoms with van der Waals surface area (Å²) in [5.41, 5.74) is 6.37. The number of benzene rings is 3. The molecule has 0 spiro atoms. The zero-order valence-corrected chi connectivity index (χ0v) is 18.3. The van der Waals surface area contributed by atoms with E-state index in [1.165, 1.54) is 24.3 Å². The Morgan fingerprint density at radius 2 is 1.58 bits per heavy atom. The first-order valence-corrected chi connectivity index (χ1v) is 10.5. The van der Waals surface area contributed by atoms with Crippen molar-refractivity contribution in [3.8, 4) is 22.9 Å². The van der Waals surface area contributed by atoms with E-state index in [0.29, 0.717) is 5.69 Å². The van der Waals surface area contributed by atoms with E-state index in [2.05, 4.69) is 46.3 Å². The van der Waals surface area contributed by atoms with Crippen LogP contribution in [0.15, 0.2) is 90.5 Å². The zero-order valence-electron chi connectivity index (χ0n) is 18.3. The van der Waals surface area contributed by atoms with Crippen LogP contribution in [0, 0.1) is 31.0 Å². The molecule has 4 rings (SSSR count). The number of halogens is 1. The van der Waals surface area contributed by atoms with Crippen LogP contribution in [0.3, 0.4) is 0 Å². The number of rotatable bonds is 5. The Balaban J connectivity index is 1.61. The van der Waals surface area contributed by atoms with E-state index in [-0.39, 0.29) is 5.57 Å². The van der Waals surface area contributed by atoms with Crippen molar-refractivity contribution >= 4 is 17.7 Å². The molecule has 0 fully saturated rings. The first-order chi connectivity index (χ1) is 16.0. The summed E-state index contributed by atoms with van der Waals surface area (Å²) in [4.78, 5) is 12.6. The van der Waals surface area contributed by atoms with Crippen LogP contribution in [0.5, 0.6) is 0 Å².